The predicted octanol–water partition coefficient (Wildman–Crippen LogP) is 3.01. The van der Waals surface area contributed by atoms with E-state index in [2.05, 4.69) is 10.3 Å². The number of nitrogens with one attached hydrogen (secondary N) is 1. The molecule has 3 rings (SSSR count). The highest BCUT2D eigenvalue weighted by Gasteiger charge is 2.08. The van der Waals surface area contributed by atoms with Crippen LogP contribution in [0, 0.1) is 0 Å². The molecule has 3 aromatic rings. The molecule has 0 atom stereocenters. The first-order valence-corrected chi connectivity index (χ1v) is 7.99. The first-order valence-electron chi connectivity index (χ1n) is 7.99. The molecule has 0 aliphatic rings. The lowest BCUT2D eigenvalue weighted by molar-refractivity contribution is 0.0954. The number of nitrogens with zero attached hydrogens (tertiary/aromatic N) is 1. The van der Waals surface area contributed by atoms with Crippen LogP contribution in [0.5, 0.6) is 5.75 Å². The quantitative estimate of drug-likeness (QED) is 0.626. The van der Waals surface area contributed by atoms with Gasteiger partial charge in [0.05, 0.1) is 5.56 Å². The number of phenolic OH excluding ortho intramolecular Hbond substituents is 1. The average Bonchev–Trinajstić information content (AvgIpc) is 2.63. The fraction of sp³-hybridized carbons (Fsp3) is 0.100. The summed E-state index contributed by atoms with van der Waals surface area (Å²) in [5.74, 6) is 0.0641. The molecule has 1 amide bonds. The van der Waals surface area contributed by atoms with Crippen molar-refractivity contribution in [3.63, 3.8) is 0 Å². The van der Waals surface area contributed by atoms with Crippen molar-refractivity contribution in [2.24, 2.45) is 0 Å². The smallest absolute Gasteiger partial charge is 0.252 e. The van der Waals surface area contributed by atoms with Gasteiger partial charge in [-0.2, -0.15) is 0 Å². The summed E-state index contributed by atoms with van der Waals surface area (Å²) < 4.78 is 0. The third kappa shape index (κ3) is 4.35. The van der Waals surface area contributed by atoms with Gasteiger partial charge in [-0.15, -0.1) is 0 Å². The van der Waals surface area contributed by atoms with Gasteiger partial charge in [0.1, 0.15) is 5.75 Å². The largest absolute Gasteiger partial charge is 0.508 e. The Bertz CT molecular complexity index is 876. The van der Waals surface area contributed by atoms with Crippen molar-refractivity contribution in [1.82, 2.24) is 10.3 Å². The number of aromatic nitrogens is 1. The molecule has 1 heterocycles. The van der Waals surface area contributed by atoms with Gasteiger partial charge in [-0.05, 0) is 47.9 Å². The van der Waals surface area contributed by atoms with Crippen molar-refractivity contribution in [2.45, 2.75) is 6.42 Å². The lowest BCUT2D eigenvalue weighted by atomic mass is 10.1. The van der Waals surface area contributed by atoms with Crippen molar-refractivity contribution in [2.75, 3.05) is 12.3 Å². The number of aromatic hydroxyl groups is 1. The van der Waals surface area contributed by atoms with Crippen LogP contribution in [0.4, 0.5) is 5.69 Å². The highest BCUT2D eigenvalue weighted by atomic mass is 16.3. The molecule has 0 aliphatic carbocycles. The summed E-state index contributed by atoms with van der Waals surface area (Å²) in [7, 11) is 0. The maximum Gasteiger partial charge on any atom is 0.252 e. The Morgan fingerprint density at radius 1 is 1.04 bits per heavy atom. The number of hydrogen-bond acceptors (Lipinski definition) is 4. The van der Waals surface area contributed by atoms with Crippen LogP contribution in [-0.4, -0.2) is 22.5 Å². The summed E-state index contributed by atoms with van der Waals surface area (Å²) >= 11 is 0. The zero-order chi connectivity index (χ0) is 17.6. The van der Waals surface area contributed by atoms with E-state index in [1.807, 2.05) is 36.4 Å². The Balaban J connectivity index is 1.64. The molecule has 5 nitrogen and oxygen atoms in total. The Kier molecular flexibility index (Phi) is 4.95. The summed E-state index contributed by atoms with van der Waals surface area (Å²) in [5, 5.41) is 12.2. The summed E-state index contributed by atoms with van der Waals surface area (Å²) in [6.07, 6.45) is 3.95. The normalized spacial score (nSPS) is 10.4. The lowest BCUT2D eigenvalue weighted by Crippen LogP contribution is -2.25. The van der Waals surface area contributed by atoms with Crippen LogP contribution < -0.4 is 11.1 Å². The summed E-state index contributed by atoms with van der Waals surface area (Å²) in [4.78, 5) is 16.5. The first-order chi connectivity index (χ1) is 12.1. The number of carbonyl (C=O) groups excluding carboxylic acids is 1. The van der Waals surface area contributed by atoms with Crippen LogP contribution in [0.3, 0.4) is 0 Å². The van der Waals surface area contributed by atoms with E-state index in [1.165, 1.54) is 0 Å². The second-order valence-corrected chi connectivity index (χ2v) is 5.76. The van der Waals surface area contributed by atoms with E-state index < -0.39 is 0 Å². The number of hydrogen-bond donors (Lipinski definition) is 3. The Morgan fingerprint density at radius 3 is 2.60 bits per heavy atom. The van der Waals surface area contributed by atoms with Gasteiger partial charge < -0.3 is 16.2 Å². The molecule has 0 radical (unpaired) electrons. The summed E-state index contributed by atoms with van der Waals surface area (Å²) in [5.41, 5.74) is 9.80. The molecule has 0 saturated heterocycles. The van der Waals surface area contributed by atoms with Gasteiger partial charge in [0.25, 0.3) is 5.91 Å². The van der Waals surface area contributed by atoms with Crippen LogP contribution in [0.1, 0.15) is 15.9 Å². The number of rotatable bonds is 5. The summed E-state index contributed by atoms with van der Waals surface area (Å²) in [6, 6.07) is 16.2. The van der Waals surface area contributed by atoms with E-state index in [0.29, 0.717) is 24.2 Å². The highest BCUT2D eigenvalue weighted by molar-refractivity contribution is 5.95. The molecule has 2 aromatic carbocycles. The number of carbonyl (C=O) groups is 1. The Morgan fingerprint density at radius 2 is 1.84 bits per heavy atom. The lowest BCUT2D eigenvalue weighted by Gasteiger charge is -2.07. The van der Waals surface area contributed by atoms with Crippen molar-refractivity contribution < 1.29 is 9.90 Å². The molecular formula is C20H19N3O2. The van der Waals surface area contributed by atoms with E-state index in [1.54, 1.807) is 30.6 Å². The molecule has 0 saturated carbocycles. The molecule has 4 N–H and O–H groups in total. The van der Waals surface area contributed by atoms with E-state index in [-0.39, 0.29) is 11.7 Å². The van der Waals surface area contributed by atoms with Gasteiger partial charge in [0, 0.05) is 30.2 Å². The fourth-order valence-corrected chi connectivity index (χ4v) is 2.53. The number of benzene rings is 2. The molecule has 5 heteroatoms. The van der Waals surface area contributed by atoms with Gasteiger partial charge in [-0.25, -0.2) is 0 Å². The van der Waals surface area contributed by atoms with Gasteiger partial charge in [0.15, 0.2) is 0 Å². The van der Waals surface area contributed by atoms with Crippen molar-refractivity contribution in [3.05, 3.63) is 78.1 Å². The topological polar surface area (TPSA) is 88.2 Å². The average molecular weight is 333 g/mol. The molecule has 1 aromatic heterocycles. The monoisotopic (exact) mass is 333 g/mol. The Hall–Kier alpha value is -3.34. The predicted molar refractivity (Wildman–Crippen MR) is 98.2 cm³/mol. The number of nitrogens with two attached hydrogens (primary N) is 1. The second kappa shape index (κ2) is 7.49. The number of phenols is 1. The zero-order valence-electron chi connectivity index (χ0n) is 13.6. The summed E-state index contributed by atoms with van der Waals surface area (Å²) in [6.45, 7) is 0.506. The van der Waals surface area contributed by atoms with Gasteiger partial charge >= 0.3 is 0 Å². The molecular weight excluding hydrogens is 314 g/mol. The van der Waals surface area contributed by atoms with Gasteiger partial charge in [0.2, 0.25) is 0 Å². The van der Waals surface area contributed by atoms with Crippen LogP contribution in [0.2, 0.25) is 0 Å². The SMILES string of the molecule is Nc1cccc(-c2cncc(C(=O)NCCc3ccc(O)cc3)c2)c1. The van der Waals surface area contributed by atoms with Crippen LogP contribution in [0.15, 0.2) is 67.0 Å². The van der Waals surface area contributed by atoms with Crippen molar-refractivity contribution in [3.8, 4) is 16.9 Å². The maximum atomic E-state index is 12.3. The van der Waals surface area contributed by atoms with Crippen LogP contribution in [-0.2, 0) is 6.42 Å². The zero-order valence-corrected chi connectivity index (χ0v) is 13.6. The van der Waals surface area contributed by atoms with Crippen LogP contribution in [0.25, 0.3) is 11.1 Å². The molecule has 126 valence electrons. The number of amides is 1. The minimum absolute atomic E-state index is 0.169. The van der Waals surface area contributed by atoms with Gasteiger partial charge in [-0.1, -0.05) is 24.3 Å². The minimum Gasteiger partial charge on any atom is -0.508 e. The van der Waals surface area contributed by atoms with Crippen molar-refractivity contribution in [1.29, 1.82) is 0 Å². The number of anilines is 1. The Labute approximate surface area is 146 Å². The standard InChI is InChI=1S/C20H19N3O2/c21-18-3-1-2-15(11-18)16-10-17(13-22-12-16)20(25)23-9-8-14-4-6-19(24)7-5-14/h1-7,10-13,24H,8-9,21H2,(H,23,25). The molecule has 0 unspecified atom stereocenters. The second-order valence-electron chi connectivity index (χ2n) is 5.76. The van der Waals surface area contributed by atoms with E-state index in [4.69, 9.17) is 5.73 Å². The van der Waals surface area contributed by atoms with Gasteiger partial charge in [-0.3, -0.25) is 9.78 Å². The third-order valence-electron chi connectivity index (χ3n) is 3.86. The fourth-order valence-electron chi connectivity index (χ4n) is 2.53. The maximum absolute atomic E-state index is 12.3. The molecule has 0 aliphatic heterocycles. The highest BCUT2D eigenvalue weighted by Crippen LogP contribution is 2.21. The van der Waals surface area contributed by atoms with E-state index in [9.17, 15) is 9.90 Å². The van der Waals surface area contributed by atoms with Crippen LogP contribution >= 0.6 is 0 Å². The number of pyridine rings is 1. The molecule has 25 heavy (non-hydrogen) atoms. The first kappa shape index (κ1) is 16.5. The number of nitrogen functional groups attached to an aromatic ring is 1. The van der Waals surface area contributed by atoms with E-state index in [0.717, 1.165) is 16.7 Å². The molecule has 0 bridgehead atoms. The minimum atomic E-state index is -0.169. The third-order valence-corrected chi connectivity index (χ3v) is 3.86. The molecule has 0 spiro atoms. The van der Waals surface area contributed by atoms with E-state index >= 15 is 0 Å². The molecule has 0 fully saturated rings. The van der Waals surface area contributed by atoms with Crippen molar-refractivity contribution >= 4 is 11.6 Å².